The molecule has 0 spiro atoms. The number of rotatable bonds is 9. The average Bonchev–Trinajstić information content (AvgIpc) is 2.89. The first-order chi connectivity index (χ1) is 9.81. The van der Waals surface area contributed by atoms with Crippen molar-refractivity contribution in [1.29, 1.82) is 0 Å². The van der Waals surface area contributed by atoms with Crippen LogP contribution in [0.5, 0.6) is 5.75 Å². The summed E-state index contributed by atoms with van der Waals surface area (Å²) in [5, 5.41) is 3.39. The lowest BCUT2D eigenvalue weighted by atomic mass is 10.1. The number of hydrogen-bond donors (Lipinski definition) is 1. The molecule has 1 aromatic rings. The van der Waals surface area contributed by atoms with Crippen molar-refractivity contribution in [3.05, 3.63) is 27.7 Å². The third kappa shape index (κ3) is 4.74. The van der Waals surface area contributed by atoms with Gasteiger partial charge in [0.2, 0.25) is 0 Å². The number of hydrogen-bond acceptors (Lipinski definition) is 4. The van der Waals surface area contributed by atoms with Crippen molar-refractivity contribution >= 4 is 15.9 Å². The van der Waals surface area contributed by atoms with Gasteiger partial charge in [-0.2, -0.15) is 0 Å². The van der Waals surface area contributed by atoms with E-state index in [-0.39, 0.29) is 0 Å². The summed E-state index contributed by atoms with van der Waals surface area (Å²) in [7, 11) is 1.71. The summed E-state index contributed by atoms with van der Waals surface area (Å²) >= 11 is 3.55. The summed E-state index contributed by atoms with van der Waals surface area (Å²) in [6, 6.07) is 4.27. The topological polar surface area (TPSA) is 39.7 Å². The monoisotopic (exact) mass is 343 g/mol. The zero-order chi connectivity index (χ0) is 14.2. The maximum absolute atomic E-state index is 5.70. The van der Waals surface area contributed by atoms with Gasteiger partial charge >= 0.3 is 0 Å². The average molecular weight is 344 g/mol. The molecule has 0 atom stereocenters. The molecule has 1 heterocycles. The molecule has 0 radical (unpaired) electrons. The normalized spacial score (nSPS) is 13.3. The van der Waals surface area contributed by atoms with Gasteiger partial charge in [0.25, 0.3) is 0 Å². The van der Waals surface area contributed by atoms with Crippen molar-refractivity contribution in [2.45, 2.75) is 19.4 Å². The van der Waals surface area contributed by atoms with Crippen molar-refractivity contribution in [2.24, 2.45) is 0 Å². The Morgan fingerprint density at radius 1 is 1.30 bits per heavy atom. The van der Waals surface area contributed by atoms with Crippen molar-refractivity contribution in [3.8, 4) is 5.75 Å². The van der Waals surface area contributed by atoms with E-state index in [1.165, 1.54) is 11.1 Å². The molecule has 0 bridgehead atoms. The first-order valence-corrected chi connectivity index (χ1v) is 7.82. The van der Waals surface area contributed by atoms with Crippen LogP contribution in [0.25, 0.3) is 0 Å². The van der Waals surface area contributed by atoms with Crippen LogP contribution in [-0.2, 0) is 22.4 Å². The summed E-state index contributed by atoms with van der Waals surface area (Å²) in [5.74, 6) is 1.06. The standard InChI is InChI=1S/C15H22BrNO3/c1-18-5-2-6-19-8-4-17-11-13-10-14(16)9-12-3-7-20-15(12)13/h9-10,17H,2-8,11H2,1H3. The third-order valence-corrected chi connectivity index (χ3v) is 3.66. The Hall–Kier alpha value is -0.620. The zero-order valence-corrected chi connectivity index (χ0v) is 13.5. The third-order valence-electron chi connectivity index (χ3n) is 3.20. The molecule has 1 N–H and O–H groups in total. The van der Waals surface area contributed by atoms with Gasteiger partial charge in [-0.05, 0) is 24.1 Å². The molecule has 0 saturated heterocycles. The van der Waals surface area contributed by atoms with E-state index in [4.69, 9.17) is 14.2 Å². The predicted molar refractivity (Wildman–Crippen MR) is 82.4 cm³/mol. The summed E-state index contributed by atoms with van der Waals surface area (Å²) in [6.45, 7) is 4.68. The van der Waals surface area contributed by atoms with Crippen molar-refractivity contribution in [2.75, 3.05) is 40.1 Å². The molecule has 20 heavy (non-hydrogen) atoms. The van der Waals surface area contributed by atoms with Crippen LogP contribution in [0.4, 0.5) is 0 Å². The van der Waals surface area contributed by atoms with Crippen LogP contribution < -0.4 is 10.1 Å². The lowest BCUT2D eigenvalue weighted by Crippen LogP contribution is -2.20. The van der Waals surface area contributed by atoms with E-state index in [9.17, 15) is 0 Å². The Kier molecular flexibility index (Phi) is 6.79. The van der Waals surface area contributed by atoms with Crippen LogP contribution in [-0.4, -0.2) is 40.1 Å². The molecule has 5 heteroatoms. The van der Waals surface area contributed by atoms with Gasteiger partial charge in [-0.15, -0.1) is 0 Å². The highest BCUT2D eigenvalue weighted by Crippen LogP contribution is 2.32. The van der Waals surface area contributed by atoms with Gasteiger partial charge in [0.1, 0.15) is 5.75 Å². The molecule has 0 aliphatic carbocycles. The first-order valence-electron chi connectivity index (χ1n) is 7.02. The Morgan fingerprint density at radius 2 is 2.20 bits per heavy atom. The van der Waals surface area contributed by atoms with Crippen LogP contribution in [0.15, 0.2) is 16.6 Å². The minimum absolute atomic E-state index is 0.723. The SMILES string of the molecule is COCCCOCCNCc1cc(Br)cc2c1OCC2. The van der Waals surface area contributed by atoms with Gasteiger partial charge < -0.3 is 19.5 Å². The van der Waals surface area contributed by atoms with E-state index < -0.39 is 0 Å². The van der Waals surface area contributed by atoms with Crippen molar-refractivity contribution in [1.82, 2.24) is 5.32 Å². The highest BCUT2D eigenvalue weighted by molar-refractivity contribution is 9.10. The van der Waals surface area contributed by atoms with Gasteiger partial charge in [-0.3, -0.25) is 0 Å². The quantitative estimate of drug-likeness (QED) is 0.699. The second-order valence-corrected chi connectivity index (χ2v) is 5.70. The lowest BCUT2D eigenvalue weighted by Gasteiger charge is -2.10. The number of methoxy groups -OCH3 is 1. The number of halogens is 1. The molecule has 1 aromatic carbocycles. The maximum atomic E-state index is 5.70. The molecule has 1 aliphatic rings. The second kappa shape index (κ2) is 8.62. The fraction of sp³-hybridized carbons (Fsp3) is 0.600. The Balaban J connectivity index is 1.67. The highest BCUT2D eigenvalue weighted by atomic mass is 79.9. The molecular formula is C15H22BrNO3. The molecule has 0 saturated carbocycles. The molecular weight excluding hydrogens is 322 g/mol. The van der Waals surface area contributed by atoms with Crippen LogP contribution in [0.3, 0.4) is 0 Å². The van der Waals surface area contributed by atoms with E-state index in [1.54, 1.807) is 7.11 Å². The van der Waals surface area contributed by atoms with Gasteiger partial charge in [-0.1, -0.05) is 15.9 Å². The zero-order valence-electron chi connectivity index (χ0n) is 11.9. The number of fused-ring (bicyclic) bond motifs is 1. The van der Waals surface area contributed by atoms with Crippen LogP contribution in [0, 0.1) is 0 Å². The van der Waals surface area contributed by atoms with Crippen LogP contribution in [0.1, 0.15) is 17.5 Å². The summed E-state index contributed by atoms with van der Waals surface area (Å²) in [5.41, 5.74) is 2.51. The van der Waals surface area contributed by atoms with Crippen LogP contribution in [0.2, 0.25) is 0 Å². The highest BCUT2D eigenvalue weighted by Gasteiger charge is 2.16. The fourth-order valence-corrected chi connectivity index (χ4v) is 2.80. The van der Waals surface area contributed by atoms with Gasteiger partial charge in [0.05, 0.1) is 13.2 Å². The van der Waals surface area contributed by atoms with E-state index in [1.807, 2.05) is 0 Å². The first kappa shape index (κ1) is 15.8. The molecule has 0 unspecified atom stereocenters. The molecule has 0 aromatic heterocycles. The molecule has 112 valence electrons. The predicted octanol–water partition coefficient (Wildman–Crippen LogP) is 2.53. The Labute approximate surface area is 128 Å². The summed E-state index contributed by atoms with van der Waals surface area (Å²) < 4.78 is 17.3. The fourth-order valence-electron chi connectivity index (χ4n) is 2.25. The second-order valence-electron chi connectivity index (χ2n) is 4.79. The summed E-state index contributed by atoms with van der Waals surface area (Å²) in [6.07, 6.45) is 1.95. The number of nitrogens with one attached hydrogen (secondary N) is 1. The number of ether oxygens (including phenoxy) is 3. The van der Waals surface area contributed by atoms with E-state index in [0.29, 0.717) is 0 Å². The number of benzene rings is 1. The van der Waals surface area contributed by atoms with Gasteiger partial charge in [0.15, 0.2) is 0 Å². The maximum Gasteiger partial charge on any atom is 0.127 e. The molecule has 4 nitrogen and oxygen atoms in total. The van der Waals surface area contributed by atoms with Gasteiger partial charge in [0, 0.05) is 49.9 Å². The van der Waals surface area contributed by atoms with Gasteiger partial charge in [-0.25, -0.2) is 0 Å². The molecule has 2 rings (SSSR count). The van der Waals surface area contributed by atoms with Crippen LogP contribution >= 0.6 is 15.9 Å². The lowest BCUT2D eigenvalue weighted by molar-refractivity contribution is 0.104. The van der Waals surface area contributed by atoms with Crippen molar-refractivity contribution in [3.63, 3.8) is 0 Å². The summed E-state index contributed by atoms with van der Waals surface area (Å²) in [4.78, 5) is 0. The molecule has 0 amide bonds. The largest absolute Gasteiger partial charge is 0.493 e. The Bertz CT molecular complexity index is 426. The van der Waals surface area contributed by atoms with E-state index >= 15 is 0 Å². The molecule has 0 fully saturated rings. The molecule has 1 aliphatic heterocycles. The van der Waals surface area contributed by atoms with E-state index in [2.05, 4.69) is 33.4 Å². The Morgan fingerprint density at radius 3 is 3.05 bits per heavy atom. The van der Waals surface area contributed by atoms with E-state index in [0.717, 1.165) is 62.6 Å². The smallest absolute Gasteiger partial charge is 0.127 e. The minimum Gasteiger partial charge on any atom is -0.493 e. The minimum atomic E-state index is 0.723. The van der Waals surface area contributed by atoms with Crippen molar-refractivity contribution < 1.29 is 14.2 Å².